The minimum absolute atomic E-state index is 0.631. The molecule has 78 valence electrons. The second kappa shape index (κ2) is 5.94. The fraction of sp³-hybridized carbons (Fsp3) is 0.889. The molecule has 4 nitrogen and oxygen atoms in total. The Hall–Kier alpha value is -0.610. The number of aliphatic carboxylic acids is 1. The lowest BCUT2D eigenvalue weighted by molar-refractivity contribution is -0.147. The number of hydrogen-bond acceptors (Lipinski definition) is 3. The van der Waals surface area contributed by atoms with Gasteiger partial charge in [-0.05, 0) is 26.8 Å². The summed E-state index contributed by atoms with van der Waals surface area (Å²) >= 11 is 0. The normalized spacial score (nSPS) is 11.6. The van der Waals surface area contributed by atoms with Crippen molar-refractivity contribution >= 4 is 5.97 Å². The molecule has 0 bridgehead atoms. The van der Waals surface area contributed by atoms with Gasteiger partial charge in [-0.3, -0.25) is 4.79 Å². The second-order valence-electron chi connectivity index (χ2n) is 3.68. The minimum Gasteiger partial charge on any atom is -0.481 e. The molecule has 4 heteroatoms. The monoisotopic (exact) mass is 189 g/mol. The molecule has 0 aliphatic rings. The van der Waals surface area contributed by atoms with Crippen molar-refractivity contribution in [3.8, 4) is 0 Å². The Bertz CT molecular complexity index is 157. The van der Waals surface area contributed by atoms with E-state index in [9.17, 15) is 4.79 Å². The average molecular weight is 189 g/mol. The zero-order chi connectivity index (χ0) is 10.3. The zero-order valence-corrected chi connectivity index (χ0v) is 8.59. The highest BCUT2D eigenvalue weighted by molar-refractivity contribution is 5.73. The lowest BCUT2D eigenvalue weighted by Gasteiger charge is -2.18. The Morgan fingerprint density at radius 3 is 2.54 bits per heavy atom. The molecule has 0 aliphatic carbocycles. The lowest BCUT2D eigenvalue weighted by Crippen LogP contribution is -2.30. The van der Waals surface area contributed by atoms with E-state index >= 15 is 0 Å². The smallest absolute Gasteiger partial charge is 0.309 e. The van der Waals surface area contributed by atoms with Gasteiger partial charge in [0.25, 0.3) is 0 Å². The highest BCUT2D eigenvalue weighted by Gasteiger charge is 2.25. The average Bonchev–Trinajstić information content (AvgIpc) is 2.03. The van der Waals surface area contributed by atoms with Crippen molar-refractivity contribution in [1.29, 1.82) is 0 Å². The molecule has 0 spiro atoms. The molecule has 0 aromatic heterocycles. The molecule has 0 amide bonds. The van der Waals surface area contributed by atoms with E-state index in [0.717, 1.165) is 6.54 Å². The molecule has 13 heavy (non-hydrogen) atoms. The molecule has 0 aromatic rings. The molecule has 0 fully saturated rings. The molecule has 0 atom stereocenters. The molecule has 0 saturated heterocycles. The standard InChI is InChI=1S/C9H19NO3/c1-9(2,8(11)12)4-5-10-6-7-13-3/h10H,4-7H2,1-3H3,(H,11,12). The summed E-state index contributed by atoms with van der Waals surface area (Å²) in [5.74, 6) is -0.749. The third-order valence-corrected chi connectivity index (χ3v) is 1.99. The van der Waals surface area contributed by atoms with Gasteiger partial charge in [-0.15, -0.1) is 0 Å². The Morgan fingerprint density at radius 2 is 2.08 bits per heavy atom. The highest BCUT2D eigenvalue weighted by Crippen LogP contribution is 2.18. The van der Waals surface area contributed by atoms with Crippen LogP contribution in [0.25, 0.3) is 0 Å². The third-order valence-electron chi connectivity index (χ3n) is 1.99. The number of hydrogen-bond donors (Lipinski definition) is 2. The minimum atomic E-state index is -0.749. The molecule has 0 aromatic carbocycles. The molecule has 0 unspecified atom stereocenters. The van der Waals surface area contributed by atoms with Crippen LogP contribution >= 0.6 is 0 Å². The summed E-state index contributed by atoms with van der Waals surface area (Å²) in [5.41, 5.74) is -0.639. The van der Waals surface area contributed by atoms with E-state index in [4.69, 9.17) is 9.84 Å². The highest BCUT2D eigenvalue weighted by atomic mass is 16.5. The maximum absolute atomic E-state index is 10.7. The number of ether oxygens (including phenoxy) is 1. The van der Waals surface area contributed by atoms with E-state index < -0.39 is 11.4 Å². The number of carboxylic acids is 1. The van der Waals surface area contributed by atoms with Gasteiger partial charge < -0.3 is 15.2 Å². The van der Waals surface area contributed by atoms with Gasteiger partial charge in [0.2, 0.25) is 0 Å². The Balaban J connectivity index is 3.46. The molecule has 0 saturated carbocycles. The van der Waals surface area contributed by atoms with Crippen LogP contribution in [-0.2, 0) is 9.53 Å². The van der Waals surface area contributed by atoms with Gasteiger partial charge in [0.05, 0.1) is 12.0 Å². The maximum Gasteiger partial charge on any atom is 0.309 e. The first-order valence-corrected chi connectivity index (χ1v) is 4.44. The summed E-state index contributed by atoms with van der Waals surface area (Å²) in [6.45, 7) is 5.60. The van der Waals surface area contributed by atoms with Crippen molar-refractivity contribution in [2.75, 3.05) is 26.8 Å². The fourth-order valence-corrected chi connectivity index (χ4v) is 0.807. The van der Waals surface area contributed by atoms with Crippen molar-refractivity contribution < 1.29 is 14.6 Å². The lowest BCUT2D eigenvalue weighted by atomic mass is 9.90. The van der Waals surface area contributed by atoms with Crippen LogP contribution < -0.4 is 5.32 Å². The van der Waals surface area contributed by atoms with E-state index in [1.165, 1.54) is 0 Å². The Labute approximate surface area is 79.3 Å². The summed E-state index contributed by atoms with van der Waals surface area (Å²) < 4.78 is 4.84. The van der Waals surface area contributed by atoms with Gasteiger partial charge in [-0.2, -0.15) is 0 Å². The van der Waals surface area contributed by atoms with Crippen LogP contribution in [0, 0.1) is 5.41 Å². The summed E-state index contributed by atoms with van der Waals surface area (Å²) in [4.78, 5) is 10.7. The van der Waals surface area contributed by atoms with Gasteiger partial charge in [0, 0.05) is 13.7 Å². The van der Waals surface area contributed by atoms with Crippen LogP contribution in [0.15, 0.2) is 0 Å². The van der Waals surface area contributed by atoms with Crippen LogP contribution in [0.2, 0.25) is 0 Å². The van der Waals surface area contributed by atoms with Gasteiger partial charge in [0.1, 0.15) is 0 Å². The molecule has 2 N–H and O–H groups in total. The molecule has 0 heterocycles. The molecule has 0 radical (unpaired) electrons. The van der Waals surface area contributed by atoms with E-state index in [2.05, 4.69) is 5.32 Å². The number of methoxy groups -OCH3 is 1. The van der Waals surface area contributed by atoms with Crippen molar-refractivity contribution in [1.82, 2.24) is 5.32 Å². The van der Waals surface area contributed by atoms with Crippen LogP contribution in [0.5, 0.6) is 0 Å². The molecule has 0 aliphatic heterocycles. The second-order valence-corrected chi connectivity index (χ2v) is 3.68. The predicted molar refractivity (Wildman–Crippen MR) is 50.8 cm³/mol. The molecular weight excluding hydrogens is 170 g/mol. The Kier molecular flexibility index (Phi) is 5.66. The predicted octanol–water partition coefficient (Wildman–Crippen LogP) is 0.723. The molecular formula is C9H19NO3. The number of carbonyl (C=O) groups is 1. The van der Waals surface area contributed by atoms with Crippen molar-refractivity contribution in [2.24, 2.45) is 5.41 Å². The first-order valence-electron chi connectivity index (χ1n) is 4.44. The first kappa shape index (κ1) is 12.4. The van der Waals surface area contributed by atoms with Crippen LogP contribution in [0.4, 0.5) is 0 Å². The summed E-state index contributed by atoms with van der Waals surface area (Å²) in [5, 5.41) is 11.9. The van der Waals surface area contributed by atoms with Crippen LogP contribution in [0.3, 0.4) is 0 Å². The maximum atomic E-state index is 10.7. The van der Waals surface area contributed by atoms with E-state index in [1.807, 2.05) is 0 Å². The van der Waals surface area contributed by atoms with E-state index in [-0.39, 0.29) is 0 Å². The fourth-order valence-electron chi connectivity index (χ4n) is 0.807. The van der Waals surface area contributed by atoms with Crippen molar-refractivity contribution in [2.45, 2.75) is 20.3 Å². The number of rotatable bonds is 7. The van der Waals surface area contributed by atoms with Gasteiger partial charge >= 0.3 is 5.97 Å². The Morgan fingerprint density at radius 1 is 1.46 bits per heavy atom. The quantitative estimate of drug-likeness (QED) is 0.579. The van der Waals surface area contributed by atoms with Crippen molar-refractivity contribution in [3.05, 3.63) is 0 Å². The van der Waals surface area contributed by atoms with E-state index in [1.54, 1.807) is 21.0 Å². The van der Waals surface area contributed by atoms with Crippen molar-refractivity contribution in [3.63, 3.8) is 0 Å². The SMILES string of the molecule is COCCNCCC(C)(C)C(=O)O. The largest absolute Gasteiger partial charge is 0.481 e. The van der Waals surface area contributed by atoms with Gasteiger partial charge in [-0.25, -0.2) is 0 Å². The number of carboxylic acid groups (broad SMARTS) is 1. The molecule has 0 rings (SSSR count). The summed E-state index contributed by atoms with van der Waals surface area (Å²) in [6, 6.07) is 0. The number of nitrogens with one attached hydrogen (secondary N) is 1. The summed E-state index contributed by atoms with van der Waals surface area (Å²) in [7, 11) is 1.64. The van der Waals surface area contributed by atoms with Gasteiger partial charge in [0.15, 0.2) is 0 Å². The summed E-state index contributed by atoms with van der Waals surface area (Å²) in [6.07, 6.45) is 0.631. The third kappa shape index (κ3) is 5.60. The first-order chi connectivity index (χ1) is 6.00. The van der Waals surface area contributed by atoms with Gasteiger partial charge in [-0.1, -0.05) is 0 Å². The van der Waals surface area contributed by atoms with Crippen LogP contribution in [0.1, 0.15) is 20.3 Å². The van der Waals surface area contributed by atoms with E-state index in [0.29, 0.717) is 19.6 Å². The topological polar surface area (TPSA) is 58.6 Å². The van der Waals surface area contributed by atoms with Crippen LogP contribution in [-0.4, -0.2) is 37.9 Å². The zero-order valence-electron chi connectivity index (χ0n) is 8.59.